The van der Waals surface area contributed by atoms with Crippen LogP contribution < -0.4 is 5.32 Å². The Balaban J connectivity index is 1.82. The van der Waals surface area contributed by atoms with Crippen LogP contribution in [0.3, 0.4) is 0 Å². The summed E-state index contributed by atoms with van der Waals surface area (Å²) in [6.07, 6.45) is -0.996. The van der Waals surface area contributed by atoms with Gasteiger partial charge in [-0.05, 0) is 11.1 Å². The Morgan fingerprint density at radius 1 is 1.04 bits per heavy atom. The van der Waals surface area contributed by atoms with Crippen LogP contribution in [0.4, 0.5) is 9.59 Å². The van der Waals surface area contributed by atoms with Gasteiger partial charge in [0, 0.05) is 6.42 Å². The van der Waals surface area contributed by atoms with E-state index in [1.54, 1.807) is 54.6 Å². The molecule has 2 N–H and O–H groups in total. The number of nitrogens with one attached hydrogen (secondary N) is 1. The smallest absolute Gasteiger partial charge is 0.419 e. The van der Waals surface area contributed by atoms with Crippen molar-refractivity contribution in [2.75, 3.05) is 6.54 Å². The summed E-state index contributed by atoms with van der Waals surface area (Å²) in [6, 6.07) is 17.0. The molecule has 3 rings (SSSR count). The first-order valence-corrected chi connectivity index (χ1v) is 8.09. The highest BCUT2D eigenvalue weighted by Crippen LogP contribution is 2.27. The number of carboxylic acids is 1. The van der Waals surface area contributed by atoms with E-state index in [0.717, 1.165) is 5.56 Å². The molecule has 1 fully saturated rings. The summed E-state index contributed by atoms with van der Waals surface area (Å²) in [5, 5.41) is 12.3. The molecule has 0 radical (unpaired) electrons. The number of carboxylic acid groups (broad SMARTS) is 1. The number of ether oxygens (including phenoxy) is 1. The normalized spacial score (nSPS) is 19.1. The van der Waals surface area contributed by atoms with Crippen LogP contribution in [0, 0.1) is 0 Å². The van der Waals surface area contributed by atoms with Gasteiger partial charge in [-0.2, -0.15) is 0 Å². The number of rotatable bonds is 5. The van der Waals surface area contributed by atoms with Crippen molar-refractivity contribution in [2.45, 2.75) is 18.6 Å². The Morgan fingerprint density at radius 2 is 1.62 bits per heavy atom. The first kappa shape index (κ1) is 17.5. The summed E-state index contributed by atoms with van der Waals surface area (Å²) >= 11 is 0. The van der Waals surface area contributed by atoms with Crippen LogP contribution in [0.1, 0.15) is 11.1 Å². The molecule has 3 amide bonds. The molecule has 7 heteroatoms. The Hall–Kier alpha value is -3.35. The van der Waals surface area contributed by atoms with Gasteiger partial charge in [-0.15, -0.1) is 0 Å². The summed E-state index contributed by atoms with van der Waals surface area (Å²) in [4.78, 5) is 37.4. The minimum Gasteiger partial charge on any atom is -0.479 e. The van der Waals surface area contributed by atoms with Crippen LogP contribution >= 0.6 is 0 Å². The third kappa shape index (κ3) is 3.37. The largest absolute Gasteiger partial charge is 0.479 e. The zero-order valence-corrected chi connectivity index (χ0v) is 13.9. The lowest BCUT2D eigenvalue weighted by Crippen LogP contribution is -2.57. The highest BCUT2D eigenvalue weighted by Gasteiger charge is 2.55. The van der Waals surface area contributed by atoms with Crippen molar-refractivity contribution < 1.29 is 24.2 Å². The molecule has 7 nitrogen and oxygen atoms in total. The van der Waals surface area contributed by atoms with E-state index in [4.69, 9.17) is 4.74 Å². The molecule has 1 heterocycles. The van der Waals surface area contributed by atoms with Gasteiger partial charge in [0.25, 0.3) is 0 Å². The molecule has 0 saturated carbocycles. The number of urea groups is 1. The summed E-state index contributed by atoms with van der Waals surface area (Å²) in [6.45, 7) is -0.235. The lowest BCUT2D eigenvalue weighted by molar-refractivity contribution is -0.147. The lowest BCUT2D eigenvalue weighted by atomic mass is 9.90. The molecule has 2 aromatic carbocycles. The molecule has 2 aromatic rings. The van der Waals surface area contributed by atoms with Gasteiger partial charge >= 0.3 is 18.1 Å². The van der Waals surface area contributed by atoms with Crippen LogP contribution in [0.25, 0.3) is 0 Å². The van der Waals surface area contributed by atoms with Crippen molar-refractivity contribution in [1.82, 2.24) is 10.2 Å². The van der Waals surface area contributed by atoms with E-state index in [2.05, 4.69) is 5.32 Å². The predicted molar refractivity (Wildman–Crippen MR) is 92.4 cm³/mol. The van der Waals surface area contributed by atoms with E-state index in [0.29, 0.717) is 10.5 Å². The number of nitrogens with zero attached hydrogens (tertiary/aromatic N) is 1. The molecule has 0 unspecified atom stereocenters. The highest BCUT2D eigenvalue weighted by atomic mass is 16.6. The predicted octanol–water partition coefficient (Wildman–Crippen LogP) is 2.41. The monoisotopic (exact) mass is 354 g/mol. The minimum absolute atomic E-state index is 0.0116. The summed E-state index contributed by atoms with van der Waals surface area (Å²) in [5.74, 6) is -1.27. The molecule has 0 aromatic heterocycles. The van der Waals surface area contributed by atoms with Gasteiger partial charge in [0.1, 0.15) is 6.61 Å². The van der Waals surface area contributed by atoms with Gasteiger partial charge < -0.3 is 15.2 Å². The second-order valence-corrected chi connectivity index (χ2v) is 6.03. The fourth-order valence-corrected chi connectivity index (χ4v) is 2.94. The minimum atomic E-state index is -1.73. The zero-order chi connectivity index (χ0) is 18.6. The standard InChI is InChI=1S/C19H18N2O5/c22-16(23)19(11-14-7-3-1-4-8-14)13-20-17(24)21(19)18(25)26-12-15-9-5-2-6-10-15/h1-10H,11-13H2,(H,20,24)(H,22,23)/t19-/m0/s1. The molecule has 0 bridgehead atoms. The maximum Gasteiger partial charge on any atom is 0.419 e. The fourth-order valence-electron chi connectivity index (χ4n) is 2.94. The van der Waals surface area contributed by atoms with Gasteiger partial charge in [0.2, 0.25) is 0 Å². The van der Waals surface area contributed by atoms with E-state index in [1.165, 1.54) is 0 Å². The Morgan fingerprint density at radius 3 is 2.19 bits per heavy atom. The quantitative estimate of drug-likeness (QED) is 0.860. The van der Waals surface area contributed by atoms with Gasteiger partial charge in [-0.3, -0.25) is 0 Å². The van der Waals surface area contributed by atoms with Gasteiger partial charge in [-0.1, -0.05) is 60.7 Å². The van der Waals surface area contributed by atoms with Crippen molar-refractivity contribution in [1.29, 1.82) is 0 Å². The number of carbonyl (C=O) groups excluding carboxylic acids is 2. The summed E-state index contributed by atoms with van der Waals surface area (Å²) < 4.78 is 5.19. The van der Waals surface area contributed by atoms with E-state index in [9.17, 15) is 19.5 Å². The average Bonchev–Trinajstić information content (AvgIpc) is 2.99. The molecule has 134 valence electrons. The average molecular weight is 354 g/mol. The first-order chi connectivity index (χ1) is 12.5. The van der Waals surface area contributed by atoms with Crippen LogP contribution in [0.2, 0.25) is 0 Å². The number of imide groups is 1. The molecule has 1 aliphatic rings. The molecule has 1 atom stereocenters. The molecule has 26 heavy (non-hydrogen) atoms. The van der Waals surface area contributed by atoms with Gasteiger partial charge in [0.15, 0.2) is 5.54 Å². The van der Waals surface area contributed by atoms with Crippen LogP contribution in [-0.4, -0.2) is 40.2 Å². The van der Waals surface area contributed by atoms with E-state index in [-0.39, 0.29) is 19.6 Å². The van der Waals surface area contributed by atoms with E-state index >= 15 is 0 Å². The summed E-state index contributed by atoms with van der Waals surface area (Å²) in [5.41, 5.74) is -0.289. The number of benzene rings is 2. The van der Waals surface area contributed by atoms with Crippen molar-refractivity contribution in [3.05, 3.63) is 71.8 Å². The topological polar surface area (TPSA) is 95.9 Å². The van der Waals surface area contributed by atoms with E-state index in [1.807, 2.05) is 6.07 Å². The maximum absolute atomic E-state index is 12.5. The number of aliphatic carboxylic acids is 1. The number of hydrogen-bond donors (Lipinski definition) is 2. The first-order valence-electron chi connectivity index (χ1n) is 8.09. The number of carbonyl (C=O) groups is 3. The fraction of sp³-hybridized carbons (Fsp3) is 0.211. The number of amides is 3. The molecular weight excluding hydrogens is 336 g/mol. The highest BCUT2D eigenvalue weighted by molar-refractivity contribution is 6.01. The van der Waals surface area contributed by atoms with Crippen LogP contribution in [-0.2, 0) is 22.6 Å². The second-order valence-electron chi connectivity index (χ2n) is 6.03. The third-order valence-electron chi connectivity index (χ3n) is 4.29. The Labute approximate surface area is 150 Å². The van der Waals surface area contributed by atoms with Crippen molar-refractivity contribution in [3.63, 3.8) is 0 Å². The Kier molecular flexibility index (Phi) is 4.88. The third-order valence-corrected chi connectivity index (χ3v) is 4.29. The SMILES string of the molecule is O=C1NC[C@@](Cc2ccccc2)(C(=O)O)N1C(=O)OCc1ccccc1. The lowest BCUT2D eigenvalue weighted by Gasteiger charge is -2.30. The summed E-state index contributed by atoms with van der Waals surface area (Å²) in [7, 11) is 0. The molecular formula is C19H18N2O5. The maximum atomic E-state index is 12.5. The van der Waals surface area contributed by atoms with Gasteiger partial charge in [-0.25, -0.2) is 19.3 Å². The molecule has 0 spiro atoms. The zero-order valence-electron chi connectivity index (χ0n) is 13.9. The van der Waals surface area contributed by atoms with Crippen LogP contribution in [0.15, 0.2) is 60.7 Å². The molecule has 1 aliphatic heterocycles. The number of hydrogen-bond acceptors (Lipinski definition) is 4. The van der Waals surface area contributed by atoms with Crippen molar-refractivity contribution in [3.8, 4) is 0 Å². The van der Waals surface area contributed by atoms with Gasteiger partial charge in [0.05, 0.1) is 6.54 Å². The second kappa shape index (κ2) is 7.26. The van der Waals surface area contributed by atoms with E-state index < -0.39 is 23.6 Å². The van der Waals surface area contributed by atoms with Crippen molar-refractivity contribution in [2.24, 2.45) is 0 Å². The Bertz CT molecular complexity index is 809. The molecule has 0 aliphatic carbocycles. The van der Waals surface area contributed by atoms with Crippen LogP contribution in [0.5, 0.6) is 0 Å². The van der Waals surface area contributed by atoms with Crippen molar-refractivity contribution >= 4 is 18.1 Å². The molecule has 1 saturated heterocycles.